The van der Waals surface area contributed by atoms with Crippen LogP contribution in [-0.4, -0.2) is 47.3 Å². The minimum Gasteiger partial charge on any atom is -0.341 e. The molecule has 30 heavy (non-hydrogen) atoms. The topological polar surface area (TPSA) is 69.7 Å². The lowest BCUT2D eigenvalue weighted by atomic mass is 9.83. The summed E-state index contributed by atoms with van der Waals surface area (Å²) in [5.74, 6) is -0.588. The van der Waals surface area contributed by atoms with Gasteiger partial charge in [-0.1, -0.05) is 74.5 Å². The summed E-state index contributed by atoms with van der Waals surface area (Å²) in [5, 5.41) is 2.91. The molecule has 1 heterocycles. The Kier molecular flexibility index (Phi) is 6.87. The number of nitrogens with zero attached hydrogens (tertiary/aromatic N) is 2. The molecule has 0 bridgehead atoms. The van der Waals surface area contributed by atoms with Crippen molar-refractivity contribution in [3.05, 3.63) is 71.8 Å². The van der Waals surface area contributed by atoms with Crippen molar-refractivity contribution in [3.8, 4) is 0 Å². The first-order valence-electron chi connectivity index (χ1n) is 10.5. The highest BCUT2D eigenvalue weighted by atomic mass is 16.2. The van der Waals surface area contributed by atoms with E-state index in [2.05, 4.69) is 5.32 Å². The second kappa shape index (κ2) is 9.57. The van der Waals surface area contributed by atoms with E-state index in [1.54, 1.807) is 4.90 Å². The quantitative estimate of drug-likeness (QED) is 0.648. The zero-order valence-corrected chi connectivity index (χ0v) is 17.6. The van der Waals surface area contributed by atoms with Crippen LogP contribution in [0.4, 0.5) is 4.79 Å². The molecule has 4 amide bonds. The van der Waals surface area contributed by atoms with Crippen LogP contribution in [0.3, 0.4) is 0 Å². The summed E-state index contributed by atoms with van der Waals surface area (Å²) < 4.78 is 0. The molecule has 2 aromatic rings. The third kappa shape index (κ3) is 4.37. The van der Waals surface area contributed by atoms with Crippen molar-refractivity contribution < 1.29 is 14.4 Å². The summed E-state index contributed by atoms with van der Waals surface area (Å²) in [6, 6.07) is 18.3. The van der Waals surface area contributed by atoms with Crippen LogP contribution in [0, 0.1) is 0 Å². The largest absolute Gasteiger partial charge is 0.341 e. The molecule has 158 valence electrons. The van der Waals surface area contributed by atoms with E-state index in [9.17, 15) is 14.4 Å². The van der Waals surface area contributed by atoms with E-state index >= 15 is 0 Å². The van der Waals surface area contributed by atoms with Gasteiger partial charge in [-0.05, 0) is 24.0 Å². The Bertz CT molecular complexity index is 879. The molecular weight excluding hydrogens is 378 g/mol. The van der Waals surface area contributed by atoms with Crippen LogP contribution in [0.2, 0.25) is 0 Å². The molecule has 1 aliphatic rings. The van der Waals surface area contributed by atoms with Crippen LogP contribution in [0.1, 0.15) is 37.8 Å². The van der Waals surface area contributed by atoms with Gasteiger partial charge >= 0.3 is 6.03 Å². The SMILES string of the molecule is CCCN(CCC)C(=O)CN1C(=O)N[C@](Cc2ccccc2)(c2ccccc2)C1=O. The number of benzene rings is 2. The van der Waals surface area contributed by atoms with Gasteiger partial charge in [-0.3, -0.25) is 14.5 Å². The zero-order chi connectivity index (χ0) is 21.6. The van der Waals surface area contributed by atoms with Crippen LogP contribution in [0.15, 0.2) is 60.7 Å². The molecule has 0 spiro atoms. The van der Waals surface area contributed by atoms with Crippen molar-refractivity contribution in [1.82, 2.24) is 15.1 Å². The molecule has 0 aliphatic carbocycles. The number of amides is 4. The number of nitrogens with one attached hydrogen (secondary N) is 1. The summed E-state index contributed by atoms with van der Waals surface area (Å²) in [7, 11) is 0. The van der Waals surface area contributed by atoms with E-state index < -0.39 is 11.6 Å². The highest BCUT2D eigenvalue weighted by Gasteiger charge is 2.52. The second-order valence-electron chi connectivity index (χ2n) is 7.64. The van der Waals surface area contributed by atoms with Crippen molar-refractivity contribution >= 4 is 17.8 Å². The maximum absolute atomic E-state index is 13.6. The van der Waals surface area contributed by atoms with Gasteiger partial charge in [0.25, 0.3) is 5.91 Å². The first-order valence-corrected chi connectivity index (χ1v) is 10.5. The van der Waals surface area contributed by atoms with E-state index in [-0.39, 0.29) is 18.4 Å². The number of carbonyl (C=O) groups is 3. The minimum atomic E-state index is -1.22. The Balaban J connectivity index is 1.91. The molecule has 2 aromatic carbocycles. The summed E-state index contributed by atoms with van der Waals surface area (Å²) in [4.78, 5) is 42.1. The van der Waals surface area contributed by atoms with Crippen LogP contribution < -0.4 is 5.32 Å². The molecule has 0 saturated carbocycles. The Morgan fingerprint density at radius 1 is 0.933 bits per heavy atom. The number of hydrogen-bond acceptors (Lipinski definition) is 3. The Morgan fingerprint density at radius 3 is 2.07 bits per heavy atom. The average molecular weight is 408 g/mol. The highest BCUT2D eigenvalue weighted by Crippen LogP contribution is 2.33. The van der Waals surface area contributed by atoms with Crippen molar-refractivity contribution in [2.45, 2.75) is 38.6 Å². The van der Waals surface area contributed by atoms with Crippen molar-refractivity contribution in [2.24, 2.45) is 0 Å². The lowest BCUT2D eigenvalue weighted by molar-refractivity contribution is -0.139. The van der Waals surface area contributed by atoms with Crippen molar-refractivity contribution in [2.75, 3.05) is 19.6 Å². The predicted octanol–water partition coefficient (Wildman–Crippen LogP) is 3.33. The summed E-state index contributed by atoms with van der Waals surface area (Å²) in [6.07, 6.45) is 1.97. The fourth-order valence-electron chi connectivity index (χ4n) is 3.95. The highest BCUT2D eigenvalue weighted by molar-refractivity contribution is 6.09. The first kappa shape index (κ1) is 21.6. The van der Waals surface area contributed by atoms with E-state index in [4.69, 9.17) is 0 Å². The molecule has 6 heteroatoms. The van der Waals surface area contributed by atoms with E-state index in [1.807, 2.05) is 74.5 Å². The fourth-order valence-corrected chi connectivity index (χ4v) is 3.95. The number of urea groups is 1. The molecule has 0 unspecified atom stereocenters. The van der Waals surface area contributed by atoms with Gasteiger partial charge in [0, 0.05) is 19.5 Å². The van der Waals surface area contributed by atoms with Crippen LogP contribution in [-0.2, 0) is 21.5 Å². The summed E-state index contributed by atoms with van der Waals surface area (Å²) >= 11 is 0. The molecule has 6 nitrogen and oxygen atoms in total. The molecular formula is C24H29N3O3. The maximum atomic E-state index is 13.6. The Hall–Kier alpha value is -3.15. The van der Waals surface area contributed by atoms with Gasteiger partial charge in [-0.2, -0.15) is 0 Å². The van der Waals surface area contributed by atoms with Crippen molar-refractivity contribution in [3.63, 3.8) is 0 Å². The molecule has 0 aromatic heterocycles. The fraction of sp³-hybridized carbons (Fsp3) is 0.375. The van der Waals surface area contributed by atoms with Gasteiger partial charge in [0.15, 0.2) is 5.54 Å². The Morgan fingerprint density at radius 2 is 1.50 bits per heavy atom. The van der Waals surface area contributed by atoms with Crippen LogP contribution in [0.25, 0.3) is 0 Å². The van der Waals surface area contributed by atoms with E-state index in [1.165, 1.54) is 0 Å². The van der Waals surface area contributed by atoms with E-state index in [0.717, 1.165) is 23.3 Å². The van der Waals surface area contributed by atoms with Gasteiger partial charge in [0.1, 0.15) is 6.54 Å². The van der Waals surface area contributed by atoms with Crippen LogP contribution in [0.5, 0.6) is 0 Å². The third-order valence-corrected chi connectivity index (χ3v) is 5.39. The number of rotatable bonds is 9. The van der Waals surface area contributed by atoms with Gasteiger partial charge in [0.05, 0.1) is 0 Å². The number of hydrogen-bond donors (Lipinski definition) is 1. The average Bonchev–Trinajstić information content (AvgIpc) is 3.00. The molecule has 1 saturated heterocycles. The van der Waals surface area contributed by atoms with Gasteiger partial charge in [-0.15, -0.1) is 0 Å². The summed E-state index contributed by atoms with van der Waals surface area (Å²) in [5.41, 5.74) is 0.420. The normalized spacial score (nSPS) is 18.4. The molecule has 1 aliphatic heterocycles. The molecule has 0 radical (unpaired) electrons. The molecule has 3 rings (SSSR count). The van der Waals surface area contributed by atoms with Gasteiger partial charge < -0.3 is 10.2 Å². The van der Waals surface area contributed by atoms with E-state index in [0.29, 0.717) is 25.1 Å². The zero-order valence-electron chi connectivity index (χ0n) is 17.6. The third-order valence-electron chi connectivity index (χ3n) is 5.39. The Labute approximate surface area is 177 Å². The lowest BCUT2D eigenvalue weighted by Gasteiger charge is -2.28. The smallest absolute Gasteiger partial charge is 0.325 e. The molecule has 1 fully saturated rings. The first-order chi connectivity index (χ1) is 14.5. The predicted molar refractivity (Wildman–Crippen MR) is 116 cm³/mol. The lowest BCUT2D eigenvalue weighted by Crippen LogP contribution is -2.47. The summed E-state index contributed by atoms with van der Waals surface area (Å²) in [6.45, 7) is 5.00. The number of imide groups is 1. The monoisotopic (exact) mass is 407 g/mol. The molecule has 1 N–H and O–H groups in total. The second-order valence-corrected chi connectivity index (χ2v) is 7.64. The maximum Gasteiger partial charge on any atom is 0.325 e. The number of carbonyl (C=O) groups excluding carboxylic acids is 3. The van der Waals surface area contributed by atoms with Crippen molar-refractivity contribution in [1.29, 1.82) is 0 Å². The standard InChI is InChI=1S/C24H29N3O3/c1-3-15-26(16-4-2)21(28)18-27-22(29)24(25-23(27)30,20-13-9-6-10-14-20)17-19-11-7-5-8-12-19/h5-14H,3-4,15-18H2,1-2H3,(H,25,30)/t24-/m1/s1. The van der Waals surface area contributed by atoms with Gasteiger partial charge in [0.2, 0.25) is 5.91 Å². The van der Waals surface area contributed by atoms with Gasteiger partial charge in [-0.25, -0.2) is 4.79 Å². The van der Waals surface area contributed by atoms with Crippen LogP contribution >= 0.6 is 0 Å². The molecule has 1 atom stereocenters. The minimum absolute atomic E-state index is 0.203.